The molecule has 1 aliphatic carbocycles. The number of allylic oxidation sites excluding steroid dienone is 2. The Morgan fingerprint density at radius 2 is 2.33 bits per heavy atom. The summed E-state index contributed by atoms with van der Waals surface area (Å²) in [6.07, 6.45) is 10.2. The van der Waals surface area contributed by atoms with Gasteiger partial charge in [-0.2, -0.15) is 0 Å². The summed E-state index contributed by atoms with van der Waals surface area (Å²) in [4.78, 5) is 4.24. The number of hydrogen-bond donors (Lipinski definition) is 0. The highest BCUT2D eigenvalue weighted by atomic mass is 14.7. The summed E-state index contributed by atoms with van der Waals surface area (Å²) in [6, 6.07) is 6.05. The molecule has 0 aromatic carbocycles. The molecular weight excluding hydrogens is 146 g/mol. The molecule has 1 fully saturated rings. The molecule has 1 aromatic rings. The van der Waals surface area contributed by atoms with E-state index in [1.54, 1.807) is 0 Å². The van der Waals surface area contributed by atoms with Gasteiger partial charge in [0.25, 0.3) is 0 Å². The maximum absolute atomic E-state index is 4.24. The smallest absolute Gasteiger partial charge is 0.0441 e. The van der Waals surface area contributed by atoms with Crippen LogP contribution in [0.5, 0.6) is 0 Å². The van der Waals surface area contributed by atoms with Crippen LogP contribution in [0.3, 0.4) is 0 Å². The summed E-state index contributed by atoms with van der Waals surface area (Å²) in [6.45, 7) is 0. The van der Waals surface area contributed by atoms with Crippen LogP contribution >= 0.6 is 0 Å². The lowest BCUT2D eigenvalue weighted by molar-refractivity contribution is 1.06. The van der Waals surface area contributed by atoms with Crippen LogP contribution < -0.4 is 0 Å². The normalized spacial score (nSPS) is 17.0. The fourth-order valence-corrected chi connectivity index (χ4v) is 1.19. The molecule has 1 saturated carbocycles. The van der Waals surface area contributed by atoms with Crippen LogP contribution in [0.1, 0.15) is 18.5 Å². The number of aromatic nitrogens is 1. The highest BCUT2D eigenvalue weighted by Crippen LogP contribution is 2.30. The standard InChI is InChI=1S/C11H13N/c1-2-9-12-11(5-1)6-3-4-10-7-8-10/h1-5,9-10H,6-8H2. The van der Waals surface area contributed by atoms with E-state index in [2.05, 4.69) is 23.2 Å². The Bertz CT molecular complexity index is 260. The summed E-state index contributed by atoms with van der Waals surface area (Å²) in [5, 5.41) is 0. The van der Waals surface area contributed by atoms with Crippen LogP contribution in [0.2, 0.25) is 0 Å². The molecule has 0 N–H and O–H groups in total. The lowest BCUT2D eigenvalue weighted by atomic mass is 10.2. The van der Waals surface area contributed by atoms with E-state index in [9.17, 15) is 0 Å². The van der Waals surface area contributed by atoms with Crippen molar-refractivity contribution in [3.63, 3.8) is 0 Å². The molecule has 0 spiro atoms. The first-order valence-electron chi connectivity index (χ1n) is 4.52. The highest BCUT2D eigenvalue weighted by Gasteiger charge is 2.16. The molecule has 0 bridgehead atoms. The Morgan fingerprint density at radius 1 is 1.42 bits per heavy atom. The Morgan fingerprint density at radius 3 is 3.00 bits per heavy atom. The van der Waals surface area contributed by atoms with Crippen molar-refractivity contribution < 1.29 is 0 Å². The topological polar surface area (TPSA) is 12.9 Å². The second kappa shape index (κ2) is 3.53. The summed E-state index contributed by atoms with van der Waals surface area (Å²) in [7, 11) is 0. The Hall–Kier alpha value is -1.11. The van der Waals surface area contributed by atoms with Crippen molar-refractivity contribution in [2.75, 3.05) is 0 Å². The van der Waals surface area contributed by atoms with Gasteiger partial charge in [-0.05, 0) is 30.9 Å². The first-order valence-corrected chi connectivity index (χ1v) is 4.52. The molecule has 1 aromatic heterocycles. The van der Waals surface area contributed by atoms with Gasteiger partial charge in [0, 0.05) is 18.3 Å². The molecule has 12 heavy (non-hydrogen) atoms. The summed E-state index contributed by atoms with van der Waals surface area (Å²) < 4.78 is 0. The minimum absolute atomic E-state index is 0.883. The van der Waals surface area contributed by atoms with E-state index in [4.69, 9.17) is 0 Å². The molecule has 0 saturated heterocycles. The van der Waals surface area contributed by atoms with Gasteiger partial charge in [0.2, 0.25) is 0 Å². The van der Waals surface area contributed by atoms with Gasteiger partial charge < -0.3 is 0 Å². The zero-order valence-corrected chi connectivity index (χ0v) is 7.11. The van der Waals surface area contributed by atoms with E-state index in [1.165, 1.54) is 12.8 Å². The molecule has 0 radical (unpaired) electrons. The van der Waals surface area contributed by atoms with Crippen molar-refractivity contribution in [1.82, 2.24) is 4.98 Å². The largest absolute Gasteiger partial charge is 0.261 e. The molecular formula is C11H13N. The van der Waals surface area contributed by atoms with Crippen LogP contribution in [-0.4, -0.2) is 4.98 Å². The van der Waals surface area contributed by atoms with E-state index in [1.807, 2.05) is 18.3 Å². The Kier molecular flexibility index (Phi) is 2.21. The van der Waals surface area contributed by atoms with Crippen LogP contribution in [0.15, 0.2) is 36.5 Å². The molecule has 0 unspecified atom stereocenters. The third kappa shape index (κ3) is 2.19. The zero-order chi connectivity index (χ0) is 8.23. The molecule has 1 aliphatic rings. The fraction of sp³-hybridized carbons (Fsp3) is 0.364. The second-order valence-corrected chi connectivity index (χ2v) is 3.29. The monoisotopic (exact) mass is 159 g/mol. The van der Waals surface area contributed by atoms with Gasteiger partial charge in [-0.15, -0.1) is 0 Å². The second-order valence-electron chi connectivity index (χ2n) is 3.29. The molecule has 2 rings (SSSR count). The summed E-state index contributed by atoms with van der Waals surface area (Å²) in [5.41, 5.74) is 1.16. The van der Waals surface area contributed by atoms with Crippen molar-refractivity contribution in [1.29, 1.82) is 0 Å². The highest BCUT2D eigenvalue weighted by molar-refractivity contribution is 5.09. The van der Waals surface area contributed by atoms with Crippen LogP contribution in [-0.2, 0) is 6.42 Å². The van der Waals surface area contributed by atoms with Crippen molar-refractivity contribution in [2.24, 2.45) is 5.92 Å². The maximum atomic E-state index is 4.24. The quantitative estimate of drug-likeness (QED) is 0.618. The molecule has 0 amide bonds. The Balaban J connectivity index is 1.86. The first kappa shape index (κ1) is 7.53. The van der Waals surface area contributed by atoms with E-state index in [-0.39, 0.29) is 0 Å². The number of hydrogen-bond acceptors (Lipinski definition) is 1. The maximum Gasteiger partial charge on any atom is 0.0441 e. The van der Waals surface area contributed by atoms with E-state index < -0.39 is 0 Å². The predicted octanol–water partition coefficient (Wildman–Crippen LogP) is 2.59. The van der Waals surface area contributed by atoms with Crippen molar-refractivity contribution >= 4 is 0 Å². The van der Waals surface area contributed by atoms with Crippen LogP contribution in [0.4, 0.5) is 0 Å². The van der Waals surface area contributed by atoms with Gasteiger partial charge in [-0.3, -0.25) is 4.98 Å². The lowest BCUT2D eigenvalue weighted by Gasteiger charge is -1.92. The Labute approximate surface area is 73.1 Å². The third-order valence-electron chi connectivity index (χ3n) is 2.08. The summed E-state index contributed by atoms with van der Waals surface area (Å²) in [5.74, 6) is 0.883. The lowest BCUT2D eigenvalue weighted by Crippen LogP contribution is -1.84. The predicted molar refractivity (Wildman–Crippen MR) is 49.8 cm³/mol. The van der Waals surface area contributed by atoms with Gasteiger partial charge in [0.1, 0.15) is 0 Å². The third-order valence-corrected chi connectivity index (χ3v) is 2.08. The van der Waals surface area contributed by atoms with Gasteiger partial charge >= 0.3 is 0 Å². The van der Waals surface area contributed by atoms with Gasteiger partial charge in [0.15, 0.2) is 0 Å². The minimum atomic E-state index is 0.883. The van der Waals surface area contributed by atoms with Crippen molar-refractivity contribution in [3.8, 4) is 0 Å². The van der Waals surface area contributed by atoms with Crippen LogP contribution in [0.25, 0.3) is 0 Å². The molecule has 0 atom stereocenters. The molecule has 0 aliphatic heterocycles. The van der Waals surface area contributed by atoms with E-state index in [0.717, 1.165) is 18.0 Å². The van der Waals surface area contributed by atoms with Crippen molar-refractivity contribution in [2.45, 2.75) is 19.3 Å². The molecule has 1 nitrogen and oxygen atoms in total. The van der Waals surface area contributed by atoms with Crippen LogP contribution in [0, 0.1) is 5.92 Å². The first-order chi connectivity index (χ1) is 5.95. The van der Waals surface area contributed by atoms with Gasteiger partial charge in [0.05, 0.1) is 0 Å². The average molecular weight is 159 g/mol. The number of pyridine rings is 1. The number of nitrogens with zero attached hydrogens (tertiary/aromatic N) is 1. The van der Waals surface area contributed by atoms with Gasteiger partial charge in [-0.1, -0.05) is 18.2 Å². The number of rotatable bonds is 3. The minimum Gasteiger partial charge on any atom is -0.261 e. The van der Waals surface area contributed by atoms with Gasteiger partial charge in [-0.25, -0.2) is 0 Å². The van der Waals surface area contributed by atoms with E-state index >= 15 is 0 Å². The average Bonchev–Trinajstić information content (AvgIpc) is 2.90. The molecule has 62 valence electrons. The molecule has 1 heterocycles. The zero-order valence-electron chi connectivity index (χ0n) is 7.11. The van der Waals surface area contributed by atoms with E-state index in [0.29, 0.717) is 0 Å². The van der Waals surface area contributed by atoms with Crippen molar-refractivity contribution in [3.05, 3.63) is 42.2 Å². The fourth-order valence-electron chi connectivity index (χ4n) is 1.19. The molecule has 1 heteroatoms. The summed E-state index contributed by atoms with van der Waals surface area (Å²) >= 11 is 0. The SMILES string of the molecule is C(=CC1CC1)Cc1ccccn1.